The van der Waals surface area contributed by atoms with E-state index in [1.54, 1.807) is 24.3 Å². The first-order valence-corrected chi connectivity index (χ1v) is 11.5. The number of alkyl halides is 2. The lowest BCUT2D eigenvalue weighted by atomic mass is 9.86. The van der Waals surface area contributed by atoms with E-state index >= 15 is 0 Å². The maximum absolute atomic E-state index is 13.3. The Bertz CT molecular complexity index is 999. The SMILES string of the molecule is C=C(c1ccc(C(F)F)cc1OCC)N(C)C(C(/C=C\CO)=C/CC)C(C)c1ccc(O)cc1. The molecule has 2 unspecified atom stereocenters. The van der Waals surface area contributed by atoms with Crippen LogP contribution in [0.25, 0.3) is 5.70 Å². The summed E-state index contributed by atoms with van der Waals surface area (Å²) in [4.78, 5) is 2.01. The first-order chi connectivity index (χ1) is 16.2. The van der Waals surface area contributed by atoms with E-state index in [4.69, 9.17) is 4.74 Å². The van der Waals surface area contributed by atoms with Crippen molar-refractivity contribution in [2.75, 3.05) is 20.3 Å². The zero-order chi connectivity index (χ0) is 25.3. The third-order valence-corrected chi connectivity index (χ3v) is 5.80. The van der Waals surface area contributed by atoms with Crippen molar-refractivity contribution in [1.29, 1.82) is 0 Å². The van der Waals surface area contributed by atoms with E-state index in [0.29, 0.717) is 23.6 Å². The first-order valence-electron chi connectivity index (χ1n) is 11.5. The predicted molar refractivity (Wildman–Crippen MR) is 134 cm³/mol. The molecule has 34 heavy (non-hydrogen) atoms. The zero-order valence-electron chi connectivity index (χ0n) is 20.3. The van der Waals surface area contributed by atoms with Crippen molar-refractivity contribution >= 4 is 5.70 Å². The highest BCUT2D eigenvalue weighted by Gasteiger charge is 2.28. The molecule has 0 aliphatic rings. The van der Waals surface area contributed by atoms with Gasteiger partial charge in [0.1, 0.15) is 11.5 Å². The molecule has 0 fully saturated rings. The molecule has 2 N–H and O–H groups in total. The number of phenols is 1. The lowest BCUT2D eigenvalue weighted by molar-refractivity contribution is 0.151. The summed E-state index contributed by atoms with van der Waals surface area (Å²) in [6, 6.07) is 11.3. The molecule has 0 saturated heterocycles. The topological polar surface area (TPSA) is 52.9 Å². The van der Waals surface area contributed by atoms with Crippen molar-refractivity contribution in [3.05, 3.63) is 89.5 Å². The third-order valence-electron chi connectivity index (χ3n) is 5.80. The molecule has 0 saturated carbocycles. The lowest BCUT2D eigenvalue weighted by Gasteiger charge is -2.37. The Morgan fingerprint density at radius 3 is 2.32 bits per heavy atom. The fraction of sp³-hybridized carbons (Fsp3) is 0.357. The summed E-state index contributed by atoms with van der Waals surface area (Å²) in [5.74, 6) is 0.523. The Kier molecular flexibility index (Phi) is 10.3. The van der Waals surface area contributed by atoms with Gasteiger partial charge < -0.3 is 19.8 Å². The highest BCUT2D eigenvalue weighted by atomic mass is 19.3. The molecule has 4 nitrogen and oxygen atoms in total. The van der Waals surface area contributed by atoms with Crippen LogP contribution >= 0.6 is 0 Å². The van der Waals surface area contributed by atoms with Crippen LogP contribution in [-0.2, 0) is 0 Å². The Morgan fingerprint density at radius 2 is 1.76 bits per heavy atom. The molecule has 0 spiro atoms. The Morgan fingerprint density at radius 1 is 1.12 bits per heavy atom. The summed E-state index contributed by atoms with van der Waals surface area (Å²) >= 11 is 0. The fourth-order valence-corrected chi connectivity index (χ4v) is 4.07. The van der Waals surface area contributed by atoms with E-state index in [0.717, 1.165) is 17.6 Å². The van der Waals surface area contributed by atoms with Crippen LogP contribution in [0.15, 0.2) is 72.8 Å². The van der Waals surface area contributed by atoms with Gasteiger partial charge in [-0.15, -0.1) is 0 Å². The van der Waals surface area contributed by atoms with Crippen molar-refractivity contribution in [3.63, 3.8) is 0 Å². The Labute approximate surface area is 201 Å². The molecule has 6 heteroatoms. The van der Waals surface area contributed by atoms with Crippen molar-refractivity contribution in [2.24, 2.45) is 0 Å². The lowest BCUT2D eigenvalue weighted by Crippen LogP contribution is -2.36. The molecule has 2 aromatic carbocycles. The summed E-state index contributed by atoms with van der Waals surface area (Å²) < 4.78 is 32.3. The summed E-state index contributed by atoms with van der Waals surface area (Å²) in [6.45, 7) is 10.5. The maximum atomic E-state index is 13.3. The number of hydrogen-bond acceptors (Lipinski definition) is 4. The number of rotatable bonds is 12. The number of benzene rings is 2. The highest BCUT2D eigenvalue weighted by Crippen LogP contribution is 2.37. The molecule has 0 radical (unpaired) electrons. The van der Waals surface area contributed by atoms with Crippen molar-refractivity contribution in [1.82, 2.24) is 4.90 Å². The number of ether oxygens (including phenoxy) is 1. The van der Waals surface area contributed by atoms with Gasteiger partial charge in [0.2, 0.25) is 0 Å². The van der Waals surface area contributed by atoms with Crippen LogP contribution < -0.4 is 4.74 Å². The Hall–Kier alpha value is -3.12. The van der Waals surface area contributed by atoms with Crippen LogP contribution in [0.2, 0.25) is 0 Å². The molecular formula is C28H35F2NO3. The van der Waals surface area contributed by atoms with Crippen LogP contribution in [0, 0.1) is 0 Å². The Balaban J connectivity index is 2.57. The highest BCUT2D eigenvalue weighted by molar-refractivity contribution is 5.69. The van der Waals surface area contributed by atoms with Crippen molar-refractivity contribution in [2.45, 2.75) is 45.6 Å². The molecule has 184 valence electrons. The van der Waals surface area contributed by atoms with Gasteiger partial charge in [0.05, 0.1) is 19.3 Å². The molecule has 0 aliphatic carbocycles. The zero-order valence-corrected chi connectivity index (χ0v) is 20.3. The van der Waals surface area contributed by atoms with Gasteiger partial charge in [-0.25, -0.2) is 8.78 Å². The second-order valence-corrected chi connectivity index (χ2v) is 8.07. The largest absolute Gasteiger partial charge is 0.508 e. The van der Waals surface area contributed by atoms with Gasteiger partial charge in [-0.05, 0) is 48.7 Å². The minimum absolute atomic E-state index is 0.0284. The van der Waals surface area contributed by atoms with Gasteiger partial charge in [0, 0.05) is 29.8 Å². The number of phenolic OH excluding ortho intramolecular Hbond substituents is 1. The predicted octanol–water partition coefficient (Wildman–Crippen LogP) is 6.69. The van der Waals surface area contributed by atoms with Crippen molar-refractivity contribution in [3.8, 4) is 11.5 Å². The number of allylic oxidation sites excluding steroid dienone is 1. The molecule has 0 bridgehead atoms. The van der Waals surface area contributed by atoms with Crippen LogP contribution in [0.4, 0.5) is 8.78 Å². The van der Waals surface area contributed by atoms with Gasteiger partial charge in [-0.1, -0.05) is 56.9 Å². The average molecular weight is 472 g/mol. The van der Waals surface area contributed by atoms with Crippen LogP contribution in [-0.4, -0.2) is 41.4 Å². The monoisotopic (exact) mass is 471 g/mol. The van der Waals surface area contributed by atoms with E-state index < -0.39 is 6.43 Å². The molecule has 0 aliphatic heterocycles. The molecule has 2 rings (SSSR count). The van der Waals surface area contributed by atoms with E-state index in [1.165, 1.54) is 12.1 Å². The number of aromatic hydroxyl groups is 1. The molecule has 0 heterocycles. The maximum Gasteiger partial charge on any atom is 0.263 e. The van der Waals surface area contributed by atoms with Crippen LogP contribution in [0.1, 0.15) is 56.2 Å². The molecule has 0 amide bonds. The van der Waals surface area contributed by atoms with E-state index in [2.05, 4.69) is 19.6 Å². The smallest absolute Gasteiger partial charge is 0.263 e. The van der Waals surface area contributed by atoms with Gasteiger partial charge in [-0.2, -0.15) is 0 Å². The molecule has 0 aromatic heterocycles. The summed E-state index contributed by atoms with van der Waals surface area (Å²) in [5.41, 5.74) is 3.16. The third kappa shape index (κ3) is 6.70. The number of aliphatic hydroxyl groups is 1. The minimum atomic E-state index is -2.59. The summed E-state index contributed by atoms with van der Waals surface area (Å²) in [5, 5.41) is 19.1. The number of hydrogen-bond donors (Lipinski definition) is 2. The number of nitrogens with zero attached hydrogens (tertiary/aromatic N) is 1. The van der Waals surface area contributed by atoms with Gasteiger partial charge in [-0.3, -0.25) is 0 Å². The first kappa shape index (κ1) is 27.1. The summed E-state index contributed by atoms with van der Waals surface area (Å²) in [6.07, 6.45) is 3.89. The standard InChI is InChI=1S/C28H35F2NO3/c1-6-9-22(10-8-17-32)27(19(3)21-11-14-24(33)15-12-21)31(5)20(4)25-16-13-23(28(29)30)18-26(25)34-7-2/h8-16,18-19,27-28,32-33H,4,6-7,17H2,1-3,5H3/b10-8-,22-9+. The van der Waals surface area contributed by atoms with Crippen LogP contribution in [0.5, 0.6) is 11.5 Å². The molecular weight excluding hydrogens is 436 g/mol. The van der Waals surface area contributed by atoms with Gasteiger partial charge >= 0.3 is 0 Å². The van der Waals surface area contributed by atoms with Crippen LogP contribution in [0.3, 0.4) is 0 Å². The fourth-order valence-electron chi connectivity index (χ4n) is 4.07. The van der Waals surface area contributed by atoms with E-state index in [1.807, 2.05) is 44.0 Å². The van der Waals surface area contributed by atoms with Gasteiger partial charge in [0.15, 0.2) is 0 Å². The number of likely N-dealkylation sites (N-methyl/N-ethyl adjacent to an activating group) is 1. The summed E-state index contributed by atoms with van der Waals surface area (Å²) in [7, 11) is 1.91. The number of aliphatic hydroxyl groups excluding tert-OH is 1. The second-order valence-electron chi connectivity index (χ2n) is 8.07. The normalized spacial score (nSPS) is 13.8. The minimum Gasteiger partial charge on any atom is -0.508 e. The van der Waals surface area contributed by atoms with Crippen molar-refractivity contribution < 1.29 is 23.7 Å². The second kappa shape index (κ2) is 12.9. The molecule has 2 aromatic rings. The quantitative estimate of drug-likeness (QED) is 0.339. The number of halogens is 2. The van der Waals surface area contributed by atoms with E-state index in [9.17, 15) is 19.0 Å². The molecule has 2 atom stereocenters. The average Bonchev–Trinajstić information content (AvgIpc) is 2.82. The van der Waals surface area contributed by atoms with Gasteiger partial charge in [0.25, 0.3) is 6.43 Å². The van der Waals surface area contributed by atoms with E-state index in [-0.39, 0.29) is 29.9 Å².